The van der Waals surface area contributed by atoms with Gasteiger partial charge in [0, 0.05) is 37.6 Å². The van der Waals surface area contributed by atoms with Crippen LogP contribution in [0.1, 0.15) is 207 Å². The minimum atomic E-state index is 0.621. The maximum atomic E-state index is 2.74. The van der Waals surface area contributed by atoms with Crippen LogP contribution < -0.4 is 0 Å². The van der Waals surface area contributed by atoms with Crippen LogP contribution in [0.25, 0.3) is 21.8 Å². The summed E-state index contributed by atoms with van der Waals surface area (Å²) in [4.78, 5) is 3.01. The lowest BCUT2D eigenvalue weighted by Gasteiger charge is -2.22. The number of benzene rings is 2. The van der Waals surface area contributed by atoms with Gasteiger partial charge in [0.2, 0.25) is 0 Å². The quantitative estimate of drug-likeness (QED) is 0.0571. The molecule has 286 valence electrons. The Morgan fingerprint density at radius 3 is 1.25 bits per heavy atom. The third kappa shape index (κ3) is 15.8. The molecule has 0 bridgehead atoms. The molecule has 2 aromatic carbocycles. The predicted octanol–water partition coefficient (Wildman–Crippen LogP) is 17.3. The van der Waals surface area contributed by atoms with E-state index in [4.69, 9.17) is 0 Å². The Hall–Kier alpha value is -2.06. The van der Waals surface area contributed by atoms with Crippen molar-refractivity contribution in [1.29, 1.82) is 0 Å². The van der Waals surface area contributed by atoms with E-state index < -0.39 is 0 Å². The van der Waals surface area contributed by atoms with E-state index in [-0.39, 0.29) is 0 Å². The molecular weight excluding hydrogens is 635 g/mol. The fourth-order valence-corrected chi connectivity index (χ4v) is 9.09. The number of fused-ring (bicyclic) bond motifs is 3. The third-order valence-electron chi connectivity index (χ3n) is 11.2. The van der Waals surface area contributed by atoms with E-state index in [1.807, 2.05) is 11.3 Å². The van der Waals surface area contributed by atoms with Crippen LogP contribution in [0.2, 0.25) is 0 Å². The van der Waals surface area contributed by atoms with Crippen molar-refractivity contribution >= 4 is 33.1 Å². The van der Waals surface area contributed by atoms with Crippen molar-refractivity contribution in [2.75, 3.05) is 0 Å². The molecule has 0 N–H and O–H groups in total. The monoisotopic (exact) mass is 714 g/mol. The van der Waals surface area contributed by atoms with Crippen LogP contribution in [-0.4, -0.2) is 4.57 Å². The first-order chi connectivity index (χ1) is 24.9. The van der Waals surface area contributed by atoms with Gasteiger partial charge in [-0.3, -0.25) is 0 Å². The lowest BCUT2D eigenvalue weighted by Crippen LogP contribution is -2.09. The van der Waals surface area contributed by atoms with E-state index in [1.54, 1.807) is 5.56 Å². The number of hydrogen-bond donors (Lipinski definition) is 0. The van der Waals surface area contributed by atoms with E-state index in [2.05, 4.69) is 95.5 Å². The van der Waals surface area contributed by atoms with Gasteiger partial charge >= 0.3 is 0 Å². The zero-order valence-electron chi connectivity index (χ0n) is 34.7. The number of hydrogen-bond acceptors (Lipinski definition) is 1. The molecule has 1 nitrogen and oxygen atoms in total. The number of thiophene rings is 1. The Bertz CT molecular complexity index is 1400. The molecule has 0 aliphatic heterocycles. The van der Waals surface area contributed by atoms with Gasteiger partial charge in [-0.25, -0.2) is 0 Å². The molecule has 0 radical (unpaired) electrons. The number of aromatic nitrogens is 1. The molecule has 0 aliphatic rings. The first kappa shape index (κ1) is 43.3. The number of rotatable bonds is 26. The molecule has 0 aliphatic carbocycles. The fourth-order valence-electron chi connectivity index (χ4n) is 8.12. The van der Waals surface area contributed by atoms with Gasteiger partial charge in [0.1, 0.15) is 0 Å². The summed E-state index contributed by atoms with van der Waals surface area (Å²) in [5, 5.41) is 2.86. The Morgan fingerprint density at radius 2 is 0.863 bits per heavy atom. The second kappa shape index (κ2) is 25.8. The van der Waals surface area contributed by atoms with E-state index in [9.17, 15) is 0 Å². The number of aryl methyl sites for hydroxylation is 5. The van der Waals surface area contributed by atoms with Crippen LogP contribution in [0.4, 0.5) is 0 Å². The van der Waals surface area contributed by atoms with Crippen LogP contribution in [0.3, 0.4) is 0 Å². The van der Waals surface area contributed by atoms with Gasteiger partial charge in [0.15, 0.2) is 0 Å². The zero-order chi connectivity index (χ0) is 36.7. The van der Waals surface area contributed by atoms with Crippen LogP contribution in [-0.2, 0) is 6.42 Å². The van der Waals surface area contributed by atoms with Crippen molar-refractivity contribution in [2.24, 2.45) is 0 Å². The highest BCUT2D eigenvalue weighted by Gasteiger charge is 2.19. The molecule has 0 saturated carbocycles. The molecule has 0 amide bonds. The minimum absolute atomic E-state index is 0.621. The van der Waals surface area contributed by atoms with Gasteiger partial charge in [-0.05, 0) is 88.3 Å². The van der Waals surface area contributed by atoms with Crippen molar-refractivity contribution in [2.45, 2.75) is 215 Å². The molecule has 0 unspecified atom stereocenters. The highest BCUT2D eigenvalue weighted by atomic mass is 32.1. The van der Waals surface area contributed by atoms with Gasteiger partial charge < -0.3 is 4.57 Å². The second-order valence-electron chi connectivity index (χ2n) is 16.0. The lowest BCUT2D eigenvalue weighted by atomic mass is 9.99. The summed E-state index contributed by atoms with van der Waals surface area (Å²) in [7, 11) is 0. The Labute approximate surface area is 320 Å². The smallest absolute Gasteiger partial charge is 0.0496 e. The Balaban J connectivity index is 0.000000316. The standard InChI is InChI=1S/C31H47N.C18H32S/c1-5-7-9-11-13-15-17-27(18-16-14-12-10-8-6-2)32-30-23-25(3)19-21-28(30)29-22-20-26(4)24-31(29)32;1-4-5-6-7-8-9-10-11-12-13-14-18-15-16(2)19-17(18)3/h19-24,27H,5-18H2,1-4H3;15H,4-14H2,1-3H3. The fraction of sp³-hybridized carbons (Fsp3) is 0.673. The van der Waals surface area contributed by atoms with Crippen molar-refractivity contribution in [1.82, 2.24) is 4.57 Å². The first-order valence-electron chi connectivity index (χ1n) is 22.0. The van der Waals surface area contributed by atoms with Crippen LogP contribution in [0.5, 0.6) is 0 Å². The van der Waals surface area contributed by atoms with Crippen molar-refractivity contribution in [3.63, 3.8) is 0 Å². The molecular formula is C49H79NS. The van der Waals surface area contributed by atoms with E-state index >= 15 is 0 Å². The van der Waals surface area contributed by atoms with Crippen molar-refractivity contribution in [3.05, 3.63) is 68.9 Å². The molecule has 4 rings (SSSR count). The average Bonchev–Trinajstić information content (AvgIpc) is 3.61. The number of nitrogens with zero attached hydrogens (tertiary/aromatic N) is 1. The molecule has 0 fully saturated rings. The molecule has 2 aromatic heterocycles. The number of unbranched alkanes of at least 4 members (excludes halogenated alkanes) is 19. The van der Waals surface area contributed by atoms with E-state index in [0.717, 1.165) is 0 Å². The van der Waals surface area contributed by atoms with Crippen LogP contribution in [0.15, 0.2) is 42.5 Å². The van der Waals surface area contributed by atoms with Gasteiger partial charge in [-0.1, -0.05) is 180 Å². The van der Waals surface area contributed by atoms with Crippen LogP contribution >= 0.6 is 11.3 Å². The first-order valence-corrected chi connectivity index (χ1v) is 22.8. The van der Waals surface area contributed by atoms with Gasteiger partial charge in [0.25, 0.3) is 0 Å². The highest BCUT2D eigenvalue weighted by Crippen LogP contribution is 2.37. The molecule has 0 atom stereocenters. The molecule has 51 heavy (non-hydrogen) atoms. The lowest BCUT2D eigenvalue weighted by molar-refractivity contribution is 0.410. The van der Waals surface area contributed by atoms with Crippen LogP contribution in [0, 0.1) is 27.7 Å². The van der Waals surface area contributed by atoms with Gasteiger partial charge in [-0.15, -0.1) is 11.3 Å². The minimum Gasteiger partial charge on any atom is -0.337 e. The zero-order valence-corrected chi connectivity index (χ0v) is 35.5. The van der Waals surface area contributed by atoms with Crippen molar-refractivity contribution in [3.8, 4) is 0 Å². The summed E-state index contributed by atoms with van der Waals surface area (Å²) in [5.74, 6) is 0. The molecule has 0 saturated heterocycles. The molecule has 4 aromatic rings. The third-order valence-corrected chi connectivity index (χ3v) is 12.2. The topological polar surface area (TPSA) is 4.93 Å². The summed E-state index contributed by atoms with van der Waals surface area (Å²) < 4.78 is 2.74. The summed E-state index contributed by atoms with van der Waals surface area (Å²) in [6.07, 6.45) is 34.9. The largest absolute Gasteiger partial charge is 0.337 e. The summed E-state index contributed by atoms with van der Waals surface area (Å²) >= 11 is 1.95. The highest BCUT2D eigenvalue weighted by molar-refractivity contribution is 7.12. The molecule has 2 heteroatoms. The SMILES string of the molecule is CCCCCCCCC(CCCCCCCC)n1c2cc(C)ccc2c2ccc(C)cc21.CCCCCCCCCCCCc1cc(C)sc1C. The summed E-state index contributed by atoms with van der Waals surface area (Å²) in [6.45, 7) is 15.9. The van der Waals surface area contributed by atoms with Crippen molar-refractivity contribution < 1.29 is 0 Å². The summed E-state index contributed by atoms with van der Waals surface area (Å²) in [5.41, 5.74) is 7.24. The van der Waals surface area contributed by atoms with E-state index in [0.29, 0.717) is 6.04 Å². The van der Waals surface area contributed by atoms with E-state index in [1.165, 1.54) is 203 Å². The Morgan fingerprint density at radius 1 is 0.471 bits per heavy atom. The second-order valence-corrected chi connectivity index (χ2v) is 17.5. The Kier molecular flexibility index (Phi) is 22.0. The molecule has 2 heterocycles. The summed E-state index contributed by atoms with van der Waals surface area (Å²) in [6, 6.07) is 17.1. The predicted molar refractivity (Wildman–Crippen MR) is 233 cm³/mol. The normalized spacial score (nSPS) is 11.6. The molecule has 0 spiro atoms. The van der Waals surface area contributed by atoms with Gasteiger partial charge in [0.05, 0.1) is 0 Å². The maximum Gasteiger partial charge on any atom is 0.0496 e. The average molecular weight is 714 g/mol. The van der Waals surface area contributed by atoms with Gasteiger partial charge in [-0.2, -0.15) is 0 Å². The maximum absolute atomic E-state index is 2.74.